The van der Waals surface area contributed by atoms with E-state index in [0.717, 1.165) is 21.2 Å². The summed E-state index contributed by atoms with van der Waals surface area (Å²) in [6, 6.07) is 17.4. The summed E-state index contributed by atoms with van der Waals surface area (Å²) in [6.45, 7) is -0.497. The Morgan fingerprint density at radius 1 is 1.12 bits per heavy atom. The third-order valence-electron chi connectivity index (χ3n) is 5.12. The van der Waals surface area contributed by atoms with Crippen molar-refractivity contribution in [2.75, 3.05) is 23.3 Å². The number of carbonyl (C=O) groups excluding carboxylic acids is 1. The zero-order chi connectivity index (χ0) is 24.5. The van der Waals surface area contributed by atoms with Crippen LogP contribution in [0.5, 0.6) is 5.75 Å². The van der Waals surface area contributed by atoms with E-state index in [1.54, 1.807) is 43.4 Å². The summed E-state index contributed by atoms with van der Waals surface area (Å²) < 4.78 is 35.2. The van der Waals surface area contributed by atoms with Gasteiger partial charge in [0.2, 0.25) is 5.91 Å². The number of thiazole rings is 1. The van der Waals surface area contributed by atoms with Crippen molar-refractivity contribution in [3.63, 3.8) is 0 Å². The lowest BCUT2D eigenvalue weighted by Gasteiger charge is -2.24. The van der Waals surface area contributed by atoms with Crippen molar-refractivity contribution < 1.29 is 17.9 Å². The molecule has 4 aromatic rings. The minimum Gasteiger partial charge on any atom is -0.495 e. The average molecular weight is 518 g/mol. The molecule has 0 bridgehead atoms. The number of hydrogen-bond donors (Lipinski definition) is 1. The van der Waals surface area contributed by atoms with Crippen molar-refractivity contribution in [3.05, 3.63) is 81.4 Å². The molecule has 176 valence electrons. The van der Waals surface area contributed by atoms with Gasteiger partial charge in [0.25, 0.3) is 10.0 Å². The minimum absolute atomic E-state index is 0.0326. The van der Waals surface area contributed by atoms with Gasteiger partial charge in [0, 0.05) is 12.7 Å². The van der Waals surface area contributed by atoms with Crippen molar-refractivity contribution in [1.82, 2.24) is 4.57 Å². The molecule has 0 aliphatic rings. The molecule has 11 heteroatoms. The largest absolute Gasteiger partial charge is 0.495 e. The predicted octanol–water partition coefficient (Wildman–Crippen LogP) is 4.10. The summed E-state index contributed by atoms with van der Waals surface area (Å²) in [6.07, 6.45) is 0. The molecule has 8 nitrogen and oxygen atoms in total. The Labute approximate surface area is 205 Å². The van der Waals surface area contributed by atoms with E-state index in [-0.39, 0.29) is 20.5 Å². The highest BCUT2D eigenvalue weighted by molar-refractivity contribution is 7.92. The maximum Gasteiger partial charge on any atom is 0.307 e. The number of carbonyl (C=O) groups is 1. The van der Waals surface area contributed by atoms with E-state index in [1.807, 2.05) is 0 Å². The van der Waals surface area contributed by atoms with Gasteiger partial charge in [-0.2, -0.15) is 0 Å². The van der Waals surface area contributed by atoms with E-state index in [4.69, 9.17) is 16.3 Å². The SMILES string of the molecule is COc1ccc(N(CC(=O)Nc2ccc3c(c2)sc(=O)n3C)S(=O)(=O)c2ccccc2)cc1Cl. The number of amides is 1. The van der Waals surface area contributed by atoms with Gasteiger partial charge in [-0.25, -0.2) is 8.42 Å². The maximum absolute atomic E-state index is 13.4. The van der Waals surface area contributed by atoms with Crippen molar-refractivity contribution in [1.29, 1.82) is 0 Å². The number of nitrogens with one attached hydrogen (secondary N) is 1. The molecular formula is C23H20ClN3O5S2. The van der Waals surface area contributed by atoms with Crippen LogP contribution in [-0.2, 0) is 21.9 Å². The van der Waals surface area contributed by atoms with Crippen LogP contribution in [0.1, 0.15) is 0 Å². The van der Waals surface area contributed by atoms with E-state index in [0.29, 0.717) is 16.1 Å². The van der Waals surface area contributed by atoms with E-state index in [9.17, 15) is 18.0 Å². The molecule has 1 N–H and O–H groups in total. The highest BCUT2D eigenvalue weighted by Gasteiger charge is 2.28. The van der Waals surface area contributed by atoms with Gasteiger partial charge in [0.1, 0.15) is 12.3 Å². The summed E-state index contributed by atoms with van der Waals surface area (Å²) in [5.41, 5.74) is 1.40. The Balaban J connectivity index is 1.67. The van der Waals surface area contributed by atoms with E-state index < -0.39 is 22.5 Å². The molecule has 0 spiro atoms. The molecule has 1 aromatic heterocycles. The average Bonchev–Trinajstić information content (AvgIpc) is 3.10. The van der Waals surface area contributed by atoms with Crippen LogP contribution in [0.2, 0.25) is 5.02 Å². The lowest BCUT2D eigenvalue weighted by molar-refractivity contribution is -0.114. The van der Waals surface area contributed by atoms with Crippen molar-refractivity contribution in [3.8, 4) is 5.75 Å². The molecule has 0 saturated carbocycles. The quantitative estimate of drug-likeness (QED) is 0.398. The van der Waals surface area contributed by atoms with Crippen molar-refractivity contribution in [2.24, 2.45) is 7.05 Å². The normalized spacial score (nSPS) is 11.4. The summed E-state index contributed by atoms with van der Waals surface area (Å²) in [7, 11) is -0.961. The van der Waals surface area contributed by atoms with Crippen LogP contribution in [-0.4, -0.2) is 32.5 Å². The standard InChI is InChI=1S/C23H20ClN3O5S2/c1-26-19-10-8-15(12-21(19)33-23(26)29)25-22(28)14-27(16-9-11-20(32-2)18(24)13-16)34(30,31)17-6-4-3-5-7-17/h3-13H,14H2,1-2H3,(H,25,28). The second-order valence-electron chi connectivity index (χ2n) is 7.30. The molecule has 0 saturated heterocycles. The second kappa shape index (κ2) is 9.49. The van der Waals surface area contributed by atoms with E-state index in [1.165, 1.54) is 42.0 Å². The van der Waals surface area contributed by atoms with Gasteiger partial charge in [-0.3, -0.25) is 13.9 Å². The molecule has 0 unspecified atom stereocenters. The number of benzene rings is 3. The Morgan fingerprint density at radius 3 is 2.53 bits per heavy atom. The second-order valence-corrected chi connectivity index (χ2v) is 10.6. The minimum atomic E-state index is -4.08. The molecule has 0 radical (unpaired) electrons. The number of halogens is 1. The molecule has 1 heterocycles. The van der Waals surface area contributed by atoms with Gasteiger partial charge in [0.05, 0.1) is 32.9 Å². The number of rotatable bonds is 7. The molecule has 3 aromatic carbocycles. The van der Waals surface area contributed by atoms with E-state index >= 15 is 0 Å². The maximum atomic E-state index is 13.4. The van der Waals surface area contributed by atoms with Crippen LogP contribution in [0.4, 0.5) is 11.4 Å². The van der Waals surface area contributed by atoms with Gasteiger partial charge in [-0.1, -0.05) is 41.1 Å². The number of aryl methyl sites for hydroxylation is 1. The highest BCUT2D eigenvalue weighted by atomic mass is 35.5. The zero-order valence-corrected chi connectivity index (χ0v) is 20.6. The fraction of sp³-hybridized carbons (Fsp3) is 0.130. The first-order valence-corrected chi connectivity index (χ1v) is 12.6. The third kappa shape index (κ3) is 4.65. The monoisotopic (exact) mass is 517 g/mol. The van der Waals surface area contributed by atoms with Crippen LogP contribution in [0, 0.1) is 0 Å². The molecule has 4 rings (SSSR count). The Bertz CT molecular complexity index is 1530. The molecule has 0 aliphatic heterocycles. The number of hydrogen-bond acceptors (Lipinski definition) is 6. The summed E-state index contributed by atoms with van der Waals surface area (Å²) in [4.78, 5) is 24.8. The lowest BCUT2D eigenvalue weighted by Crippen LogP contribution is -2.38. The van der Waals surface area contributed by atoms with Crippen LogP contribution in [0.3, 0.4) is 0 Å². The lowest BCUT2D eigenvalue weighted by atomic mass is 10.3. The van der Waals surface area contributed by atoms with Crippen molar-refractivity contribution >= 4 is 60.5 Å². The summed E-state index contributed by atoms with van der Waals surface area (Å²) in [5.74, 6) is -0.184. The number of nitrogens with zero attached hydrogens (tertiary/aromatic N) is 2. The Hall–Kier alpha value is -3.34. The van der Waals surface area contributed by atoms with Gasteiger partial charge in [-0.15, -0.1) is 0 Å². The number of anilines is 2. The fourth-order valence-corrected chi connectivity index (χ4v) is 5.99. The molecule has 0 aliphatic carbocycles. The highest BCUT2D eigenvalue weighted by Crippen LogP contribution is 2.32. The fourth-order valence-electron chi connectivity index (χ4n) is 3.39. The molecular weight excluding hydrogens is 498 g/mol. The first-order chi connectivity index (χ1) is 16.2. The third-order valence-corrected chi connectivity index (χ3v) is 8.20. The molecule has 1 amide bonds. The number of ether oxygens (including phenoxy) is 1. The first-order valence-electron chi connectivity index (χ1n) is 10.0. The zero-order valence-electron chi connectivity index (χ0n) is 18.2. The number of sulfonamides is 1. The number of aromatic nitrogens is 1. The van der Waals surface area contributed by atoms with Crippen LogP contribution >= 0.6 is 22.9 Å². The Morgan fingerprint density at radius 2 is 1.85 bits per heavy atom. The molecule has 0 atom stereocenters. The van der Waals surface area contributed by atoms with Gasteiger partial charge in [-0.05, 0) is 48.5 Å². The molecule has 34 heavy (non-hydrogen) atoms. The van der Waals surface area contributed by atoms with Crippen LogP contribution in [0.15, 0.2) is 76.4 Å². The van der Waals surface area contributed by atoms with Crippen LogP contribution < -0.4 is 19.2 Å². The predicted molar refractivity (Wildman–Crippen MR) is 135 cm³/mol. The smallest absolute Gasteiger partial charge is 0.307 e. The molecule has 0 fully saturated rings. The van der Waals surface area contributed by atoms with Gasteiger partial charge < -0.3 is 14.6 Å². The summed E-state index contributed by atoms with van der Waals surface area (Å²) in [5, 5.41) is 2.92. The Kier molecular flexibility index (Phi) is 6.65. The van der Waals surface area contributed by atoms with Crippen LogP contribution in [0.25, 0.3) is 10.2 Å². The van der Waals surface area contributed by atoms with Crippen molar-refractivity contribution in [2.45, 2.75) is 4.90 Å². The summed E-state index contributed by atoms with van der Waals surface area (Å²) >= 11 is 7.29. The van der Waals surface area contributed by atoms with Gasteiger partial charge >= 0.3 is 4.87 Å². The number of methoxy groups -OCH3 is 1. The topological polar surface area (TPSA) is 97.7 Å². The van der Waals surface area contributed by atoms with E-state index in [2.05, 4.69) is 5.32 Å². The first kappa shape index (κ1) is 23.8. The van der Waals surface area contributed by atoms with Gasteiger partial charge in [0.15, 0.2) is 0 Å². The number of fused-ring (bicyclic) bond motifs is 1.